The first-order valence-electron chi connectivity index (χ1n) is 7.63. The van der Waals surface area contributed by atoms with Gasteiger partial charge in [-0.3, -0.25) is 10.1 Å². The van der Waals surface area contributed by atoms with Crippen molar-refractivity contribution in [1.29, 1.82) is 0 Å². The summed E-state index contributed by atoms with van der Waals surface area (Å²) in [4.78, 5) is 13.6. The molecule has 0 spiro atoms. The normalized spacial score (nSPS) is 23.8. The molecule has 0 aromatic carbocycles. The number of aliphatic hydroxyl groups is 1. The highest BCUT2D eigenvalue weighted by Crippen LogP contribution is 2.42. The maximum absolute atomic E-state index is 11.2. The third-order valence-electron chi connectivity index (χ3n) is 4.58. The van der Waals surface area contributed by atoms with Crippen molar-refractivity contribution in [3.8, 4) is 0 Å². The number of hydrogen-bond acceptors (Lipinski definition) is 5. The van der Waals surface area contributed by atoms with E-state index in [1.807, 2.05) is 7.05 Å². The first kappa shape index (κ1) is 16.2. The van der Waals surface area contributed by atoms with Crippen molar-refractivity contribution < 1.29 is 10.0 Å². The lowest BCUT2D eigenvalue weighted by molar-refractivity contribution is -0.383. The van der Waals surface area contributed by atoms with E-state index in [4.69, 9.17) is 0 Å². The number of rotatable bonds is 5. The first-order valence-corrected chi connectivity index (χ1v) is 8.44. The van der Waals surface area contributed by atoms with Crippen molar-refractivity contribution in [1.82, 2.24) is 0 Å². The molecule has 1 fully saturated rings. The summed E-state index contributed by atoms with van der Waals surface area (Å²) in [5.74, 6) is 0.806. The third-order valence-corrected chi connectivity index (χ3v) is 5.97. The van der Waals surface area contributed by atoms with Crippen molar-refractivity contribution in [2.45, 2.75) is 58.1 Å². The van der Waals surface area contributed by atoms with Gasteiger partial charge in [0.05, 0.1) is 11.0 Å². The number of aliphatic hydroxyl groups excluding tert-OH is 1. The minimum Gasteiger partial charge on any atom is -0.388 e. The van der Waals surface area contributed by atoms with E-state index in [0.717, 1.165) is 18.8 Å². The Bertz CT molecular complexity index is 493. The summed E-state index contributed by atoms with van der Waals surface area (Å²) in [6, 6.07) is 1.88. The largest absolute Gasteiger partial charge is 0.388 e. The van der Waals surface area contributed by atoms with E-state index in [1.54, 1.807) is 6.92 Å². The number of nitrogens with zero attached hydrogens (tertiary/aromatic N) is 2. The van der Waals surface area contributed by atoms with Crippen molar-refractivity contribution in [3.05, 3.63) is 21.1 Å². The lowest BCUT2D eigenvalue weighted by Gasteiger charge is -2.34. The molecule has 1 aliphatic carbocycles. The highest BCUT2D eigenvalue weighted by molar-refractivity contribution is 7.16. The second kappa shape index (κ2) is 6.75. The fourth-order valence-corrected chi connectivity index (χ4v) is 4.18. The van der Waals surface area contributed by atoms with Gasteiger partial charge >= 0.3 is 5.69 Å². The molecule has 1 atom stereocenters. The summed E-state index contributed by atoms with van der Waals surface area (Å²) in [5.41, 5.74) is 0.121. The summed E-state index contributed by atoms with van der Waals surface area (Å²) in [7, 11) is 1.95. The number of anilines is 1. The van der Waals surface area contributed by atoms with Gasteiger partial charge in [-0.1, -0.05) is 13.3 Å². The molecule has 1 heterocycles. The van der Waals surface area contributed by atoms with Crippen LogP contribution in [-0.4, -0.2) is 23.1 Å². The Kier molecular flexibility index (Phi) is 5.22. The van der Waals surface area contributed by atoms with Crippen molar-refractivity contribution >= 4 is 22.0 Å². The van der Waals surface area contributed by atoms with Gasteiger partial charge in [0.1, 0.15) is 0 Å². The predicted octanol–water partition coefficient (Wildman–Crippen LogP) is 4.11. The van der Waals surface area contributed by atoms with E-state index < -0.39 is 6.10 Å². The minimum atomic E-state index is -0.660. The molecule has 1 N–H and O–H groups in total. The van der Waals surface area contributed by atoms with Crippen LogP contribution in [0, 0.1) is 16.0 Å². The van der Waals surface area contributed by atoms with Crippen molar-refractivity contribution in [2.24, 2.45) is 5.92 Å². The lowest BCUT2D eigenvalue weighted by atomic mass is 9.84. The molecule has 1 saturated carbocycles. The highest BCUT2D eigenvalue weighted by atomic mass is 32.1. The van der Waals surface area contributed by atoms with Gasteiger partial charge in [0.2, 0.25) is 0 Å². The molecule has 0 amide bonds. The van der Waals surface area contributed by atoms with Crippen LogP contribution >= 0.6 is 11.3 Å². The molecule has 21 heavy (non-hydrogen) atoms. The summed E-state index contributed by atoms with van der Waals surface area (Å²) < 4.78 is 0. The molecule has 2 rings (SSSR count). The second-order valence-electron chi connectivity index (χ2n) is 5.97. The van der Waals surface area contributed by atoms with E-state index in [2.05, 4.69) is 11.8 Å². The maximum atomic E-state index is 11.2. The van der Waals surface area contributed by atoms with Crippen molar-refractivity contribution in [2.75, 3.05) is 11.9 Å². The SMILES string of the molecule is CCC1CCC(N(C)c2sc(C(C)O)cc2[N+](=O)[O-])CC1. The molecule has 0 bridgehead atoms. The van der Waals surface area contributed by atoms with Gasteiger partial charge in [-0.25, -0.2) is 0 Å². The average Bonchev–Trinajstić information content (AvgIpc) is 2.92. The van der Waals surface area contributed by atoms with Crippen LogP contribution in [0.4, 0.5) is 10.7 Å². The Balaban J connectivity index is 2.18. The molecule has 5 nitrogen and oxygen atoms in total. The Morgan fingerprint density at radius 3 is 2.57 bits per heavy atom. The molecule has 6 heteroatoms. The second-order valence-corrected chi connectivity index (χ2v) is 7.03. The monoisotopic (exact) mass is 312 g/mol. The zero-order valence-corrected chi connectivity index (χ0v) is 13.7. The van der Waals surface area contributed by atoms with E-state index in [0.29, 0.717) is 15.9 Å². The van der Waals surface area contributed by atoms with E-state index >= 15 is 0 Å². The summed E-state index contributed by atoms with van der Waals surface area (Å²) in [5, 5.41) is 21.6. The standard InChI is InChI=1S/C15H24N2O3S/c1-4-11-5-7-12(8-6-11)16(3)15-13(17(19)20)9-14(21-15)10(2)18/h9-12,18H,4-8H2,1-3H3. The van der Waals surface area contributed by atoms with Gasteiger partial charge in [-0.15, -0.1) is 11.3 Å². The van der Waals surface area contributed by atoms with E-state index in [9.17, 15) is 15.2 Å². The summed E-state index contributed by atoms with van der Waals surface area (Å²) >= 11 is 1.34. The van der Waals surface area contributed by atoms with Crippen molar-refractivity contribution in [3.63, 3.8) is 0 Å². The zero-order valence-electron chi connectivity index (χ0n) is 12.9. The average molecular weight is 312 g/mol. The summed E-state index contributed by atoms with van der Waals surface area (Å²) in [6.07, 6.45) is 5.15. The molecule has 1 aliphatic rings. The van der Waals surface area contributed by atoms with Gasteiger partial charge in [0.15, 0.2) is 5.00 Å². The van der Waals surface area contributed by atoms with Crippen LogP contribution in [0.2, 0.25) is 0 Å². The zero-order chi connectivity index (χ0) is 15.6. The highest BCUT2D eigenvalue weighted by Gasteiger charge is 2.29. The van der Waals surface area contributed by atoms with Crippen LogP contribution < -0.4 is 4.90 Å². The molecular formula is C15H24N2O3S. The summed E-state index contributed by atoms with van der Waals surface area (Å²) in [6.45, 7) is 3.87. The first-order chi connectivity index (χ1) is 9.93. The smallest absolute Gasteiger partial charge is 0.304 e. The molecular weight excluding hydrogens is 288 g/mol. The maximum Gasteiger partial charge on any atom is 0.304 e. The van der Waals surface area contributed by atoms with Crippen LogP contribution in [0.1, 0.15) is 56.9 Å². The molecule has 0 saturated heterocycles. The number of nitro groups is 1. The predicted molar refractivity (Wildman–Crippen MR) is 86.0 cm³/mol. The van der Waals surface area contributed by atoms with Crippen LogP contribution in [0.15, 0.2) is 6.07 Å². The Hall–Kier alpha value is -1.14. The molecule has 0 radical (unpaired) electrons. The van der Waals surface area contributed by atoms with Crippen LogP contribution in [0.3, 0.4) is 0 Å². The molecule has 0 aliphatic heterocycles. The van der Waals surface area contributed by atoms with E-state index in [-0.39, 0.29) is 10.6 Å². The minimum absolute atomic E-state index is 0.121. The lowest BCUT2D eigenvalue weighted by Crippen LogP contribution is -2.34. The number of hydrogen-bond donors (Lipinski definition) is 1. The molecule has 1 aromatic rings. The quantitative estimate of drug-likeness (QED) is 0.656. The Labute approximate surface area is 129 Å². The topological polar surface area (TPSA) is 66.6 Å². The fourth-order valence-electron chi connectivity index (χ4n) is 3.09. The van der Waals surface area contributed by atoms with Gasteiger partial charge in [-0.2, -0.15) is 0 Å². The van der Waals surface area contributed by atoms with Gasteiger partial charge in [0, 0.05) is 24.0 Å². The van der Waals surface area contributed by atoms with Gasteiger partial charge in [-0.05, 0) is 38.5 Å². The molecule has 118 valence electrons. The molecule has 1 unspecified atom stereocenters. The molecule has 1 aromatic heterocycles. The van der Waals surface area contributed by atoms with Crippen LogP contribution in [0.25, 0.3) is 0 Å². The van der Waals surface area contributed by atoms with Gasteiger partial charge < -0.3 is 10.0 Å². The fraction of sp³-hybridized carbons (Fsp3) is 0.733. The Morgan fingerprint density at radius 2 is 2.10 bits per heavy atom. The number of thiophene rings is 1. The van der Waals surface area contributed by atoms with Crippen LogP contribution in [0.5, 0.6) is 0 Å². The third kappa shape index (κ3) is 3.55. The Morgan fingerprint density at radius 1 is 1.48 bits per heavy atom. The van der Waals surface area contributed by atoms with Gasteiger partial charge in [0.25, 0.3) is 0 Å². The van der Waals surface area contributed by atoms with Crippen LogP contribution in [-0.2, 0) is 0 Å². The van der Waals surface area contributed by atoms with E-state index in [1.165, 1.54) is 36.7 Å².